The van der Waals surface area contributed by atoms with Gasteiger partial charge in [0, 0.05) is 23.3 Å². The Labute approximate surface area is 152 Å². The Balaban J connectivity index is 1.60. The van der Waals surface area contributed by atoms with Crippen LogP contribution in [0.2, 0.25) is 0 Å². The topological polar surface area (TPSA) is 110 Å². The molecule has 0 aliphatic rings. The number of aromatic nitrogens is 4. The zero-order chi connectivity index (χ0) is 19.0. The summed E-state index contributed by atoms with van der Waals surface area (Å²) < 4.78 is 39.1. The quantitative estimate of drug-likeness (QED) is 0.561. The molecule has 3 heterocycles. The third-order valence-corrected chi connectivity index (χ3v) is 5.38. The lowest BCUT2D eigenvalue weighted by molar-refractivity contribution is 0.102. The Morgan fingerprint density at radius 1 is 1.15 bits per heavy atom. The van der Waals surface area contributed by atoms with Gasteiger partial charge in [-0.25, -0.2) is 9.37 Å². The monoisotopic (exact) mass is 385 g/mol. The van der Waals surface area contributed by atoms with Crippen LogP contribution in [0.1, 0.15) is 10.5 Å². The summed E-state index contributed by atoms with van der Waals surface area (Å²) in [6.45, 7) is 0. The standard InChI is InChI=1S/C17H12FN5O3S/c18-12-1-4-16(20-10-12)21-17(24)15-6-8-23(22-15)27(25,26)13-2-3-14-11(9-13)5-7-19-14/h1-10,19H,(H,20,21,24). The number of H-pyrrole nitrogens is 1. The first kappa shape index (κ1) is 16.9. The summed E-state index contributed by atoms with van der Waals surface area (Å²) in [4.78, 5) is 18.9. The largest absolute Gasteiger partial charge is 0.361 e. The van der Waals surface area contributed by atoms with Crippen LogP contribution in [0.4, 0.5) is 10.2 Å². The molecule has 136 valence electrons. The molecule has 0 saturated heterocycles. The molecule has 4 rings (SSSR count). The van der Waals surface area contributed by atoms with Crippen molar-refractivity contribution < 1.29 is 17.6 Å². The van der Waals surface area contributed by atoms with Gasteiger partial charge in [-0.3, -0.25) is 4.79 Å². The number of carbonyl (C=O) groups is 1. The maximum Gasteiger partial charge on any atom is 0.282 e. The molecular weight excluding hydrogens is 373 g/mol. The lowest BCUT2D eigenvalue weighted by atomic mass is 10.2. The van der Waals surface area contributed by atoms with Gasteiger partial charge in [0.05, 0.1) is 11.1 Å². The fourth-order valence-electron chi connectivity index (χ4n) is 2.49. The van der Waals surface area contributed by atoms with Crippen molar-refractivity contribution in [2.45, 2.75) is 4.90 Å². The fraction of sp³-hybridized carbons (Fsp3) is 0. The van der Waals surface area contributed by atoms with Crippen LogP contribution in [0, 0.1) is 5.82 Å². The summed E-state index contributed by atoms with van der Waals surface area (Å²) in [6.07, 6.45) is 3.85. The molecule has 0 fully saturated rings. The fourth-order valence-corrected chi connectivity index (χ4v) is 3.64. The third-order valence-electron chi connectivity index (χ3n) is 3.84. The zero-order valence-electron chi connectivity index (χ0n) is 13.6. The van der Waals surface area contributed by atoms with Gasteiger partial charge < -0.3 is 10.3 Å². The third kappa shape index (κ3) is 3.17. The Kier molecular flexibility index (Phi) is 3.96. The highest BCUT2D eigenvalue weighted by molar-refractivity contribution is 7.89. The number of carbonyl (C=O) groups excluding carboxylic acids is 1. The highest BCUT2D eigenvalue weighted by atomic mass is 32.2. The average Bonchev–Trinajstić information content (AvgIpc) is 3.32. The normalized spacial score (nSPS) is 11.6. The van der Waals surface area contributed by atoms with Gasteiger partial charge in [0.2, 0.25) is 0 Å². The average molecular weight is 385 g/mol. The predicted octanol–water partition coefficient (Wildman–Crippen LogP) is 2.39. The molecule has 0 unspecified atom stereocenters. The molecule has 0 aliphatic heterocycles. The number of benzene rings is 1. The van der Waals surface area contributed by atoms with E-state index in [0.717, 1.165) is 27.3 Å². The van der Waals surface area contributed by atoms with Crippen LogP contribution < -0.4 is 5.32 Å². The lowest BCUT2D eigenvalue weighted by Crippen LogP contribution is -2.17. The number of fused-ring (bicyclic) bond motifs is 1. The Hall–Kier alpha value is -3.53. The van der Waals surface area contributed by atoms with Crippen LogP contribution in [-0.2, 0) is 10.0 Å². The van der Waals surface area contributed by atoms with E-state index in [0.29, 0.717) is 0 Å². The molecule has 1 aromatic carbocycles. The van der Waals surface area contributed by atoms with Gasteiger partial charge in [-0.2, -0.15) is 17.6 Å². The van der Waals surface area contributed by atoms with Gasteiger partial charge in [0.1, 0.15) is 11.6 Å². The van der Waals surface area contributed by atoms with Crippen molar-refractivity contribution in [2.24, 2.45) is 0 Å². The van der Waals surface area contributed by atoms with Crippen molar-refractivity contribution in [3.05, 3.63) is 72.6 Å². The van der Waals surface area contributed by atoms with Gasteiger partial charge in [-0.1, -0.05) is 0 Å². The molecule has 0 aliphatic carbocycles. The van der Waals surface area contributed by atoms with Crippen LogP contribution in [0.15, 0.2) is 66.0 Å². The molecule has 27 heavy (non-hydrogen) atoms. The minimum atomic E-state index is -3.95. The zero-order valence-corrected chi connectivity index (χ0v) is 14.4. The maximum atomic E-state index is 12.9. The van der Waals surface area contributed by atoms with Crippen LogP contribution in [0.5, 0.6) is 0 Å². The van der Waals surface area contributed by atoms with Crippen LogP contribution in [0.3, 0.4) is 0 Å². The molecule has 4 aromatic rings. The first-order valence-corrected chi connectivity index (χ1v) is 9.19. The number of nitrogens with one attached hydrogen (secondary N) is 2. The molecular formula is C17H12FN5O3S. The minimum absolute atomic E-state index is 0.0462. The summed E-state index contributed by atoms with van der Waals surface area (Å²) in [5, 5.41) is 7.01. The van der Waals surface area contributed by atoms with E-state index in [2.05, 4.69) is 20.4 Å². The number of pyridine rings is 1. The number of amides is 1. The molecule has 3 aromatic heterocycles. The molecule has 0 radical (unpaired) electrons. The molecule has 0 spiro atoms. The van der Waals surface area contributed by atoms with E-state index in [4.69, 9.17) is 0 Å². The summed E-state index contributed by atoms with van der Waals surface area (Å²) in [6, 6.07) is 10.1. The Morgan fingerprint density at radius 2 is 2.00 bits per heavy atom. The lowest BCUT2D eigenvalue weighted by Gasteiger charge is -2.05. The van der Waals surface area contributed by atoms with Crippen molar-refractivity contribution >= 4 is 32.7 Å². The second-order valence-electron chi connectivity index (χ2n) is 5.62. The van der Waals surface area contributed by atoms with E-state index in [1.165, 1.54) is 30.5 Å². The summed E-state index contributed by atoms with van der Waals surface area (Å²) in [5.74, 6) is -1.08. The van der Waals surface area contributed by atoms with E-state index in [9.17, 15) is 17.6 Å². The Morgan fingerprint density at radius 3 is 2.78 bits per heavy atom. The van der Waals surface area contributed by atoms with Gasteiger partial charge in [-0.05, 0) is 42.5 Å². The number of rotatable bonds is 4. The van der Waals surface area contributed by atoms with Crippen molar-refractivity contribution in [3.8, 4) is 0 Å². The SMILES string of the molecule is O=C(Nc1ccc(F)cn1)c1ccn(S(=O)(=O)c2ccc3[nH]ccc3c2)n1. The van der Waals surface area contributed by atoms with Crippen LogP contribution in [0.25, 0.3) is 10.9 Å². The summed E-state index contributed by atoms with van der Waals surface area (Å²) in [5.41, 5.74) is 0.689. The molecule has 8 nitrogen and oxygen atoms in total. The van der Waals surface area contributed by atoms with Crippen molar-refractivity contribution in [1.82, 2.24) is 19.2 Å². The van der Waals surface area contributed by atoms with Gasteiger partial charge in [-0.15, -0.1) is 0 Å². The number of anilines is 1. The molecule has 1 amide bonds. The second-order valence-corrected chi connectivity index (χ2v) is 7.42. The Bertz CT molecular complexity index is 1250. The van der Waals surface area contributed by atoms with Crippen molar-refractivity contribution in [2.75, 3.05) is 5.32 Å². The summed E-state index contributed by atoms with van der Waals surface area (Å²) >= 11 is 0. The molecule has 0 saturated carbocycles. The molecule has 0 bridgehead atoms. The highest BCUT2D eigenvalue weighted by Gasteiger charge is 2.21. The first-order valence-electron chi connectivity index (χ1n) is 7.75. The minimum Gasteiger partial charge on any atom is -0.361 e. The van der Waals surface area contributed by atoms with E-state index in [1.54, 1.807) is 18.3 Å². The van der Waals surface area contributed by atoms with Gasteiger partial charge in [0.25, 0.3) is 15.9 Å². The molecule has 2 N–H and O–H groups in total. The molecule has 10 heteroatoms. The number of hydrogen-bond donors (Lipinski definition) is 2. The first-order chi connectivity index (χ1) is 12.9. The van der Waals surface area contributed by atoms with Gasteiger partial charge in [0.15, 0.2) is 5.69 Å². The highest BCUT2D eigenvalue weighted by Crippen LogP contribution is 2.20. The number of halogens is 1. The maximum absolute atomic E-state index is 12.9. The van der Waals surface area contributed by atoms with Gasteiger partial charge >= 0.3 is 0 Å². The van der Waals surface area contributed by atoms with E-state index in [1.807, 2.05) is 0 Å². The number of hydrogen-bond acceptors (Lipinski definition) is 5. The van der Waals surface area contributed by atoms with Crippen molar-refractivity contribution in [3.63, 3.8) is 0 Å². The predicted molar refractivity (Wildman–Crippen MR) is 95.3 cm³/mol. The smallest absolute Gasteiger partial charge is 0.282 e. The molecule has 0 atom stereocenters. The second kappa shape index (κ2) is 6.32. The van der Waals surface area contributed by atoms with Crippen molar-refractivity contribution in [1.29, 1.82) is 0 Å². The summed E-state index contributed by atoms with van der Waals surface area (Å²) in [7, 11) is -3.95. The van der Waals surface area contributed by atoms with E-state index in [-0.39, 0.29) is 16.4 Å². The van der Waals surface area contributed by atoms with E-state index >= 15 is 0 Å². The number of aromatic amines is 1. The number of nitrogens with zero attached hydrogens (tertiary/aromatic N) is 3. The van der Waals surface area contributed by atoms with Crippen LogP contribution >= 0.6 is 0 Å². The van der Waals surface area contributed by atoms with Crippen LogP contribution in [-0.4, -0.2) is 33.5 Å². The van der Waals surface area contributed by atoms with E-state index < -0.39 is 21.7 Å².